The SMILES string of the molecule is CCOC1=CCc2cccc(Nc3ncc(-c4ccc(OC)cc4)o3)c2C1. The van der Waals surface area contributed by atoms with E-state index in [0.717, 1.165) is 35.6 Å². The van der Waals surface area contributed by atoms with Gasteiger partial charge < -0.3 is 19.2 Å². The number of aromatic nitrogens is 1. The summed E-state index contributed by atoms with van der Waals surface area (Å²) in [6, 6.07) is 14.4. The summed E-state index contributed by atoms with van der Waals surface area (Å²) in [5.74, 6) is 2.54. The number of ether oxygens (including phenoxy) is 2. The van der Waals surface area contributed by atoms with E-state index in [4.69, 9.17) is 13.9 Å². The Morgan fingerprint density at radius 1 is 1.15 bits per heavy atom. The lowest BCUT2D eigenvalue weighted by Gasteiger charge is -2.20. The second-order valence-electron chi connectivity index (χ2n) is 6.31. The van der Waals surface area contributed by atoms with E-state index in [0.29, 0.717) is 18.4 Å². The first kappa shape index (κ1) is 17.2. The van der Waals surface area contributed by atoms with Crippen molar-refractivity contribution in [1.82, 2.24) is 4.98 Å². The van der Waals surface area contributed by atoms with Crippen LogP contribution in [-0.2, 0) is 17.6 Å². The predicted molar refractivity (Wildman–Crippen MR) is 105 cm³/mol. The van der Waals surface area contributed by atoms with Crippen LogP contribution in [0.1, 0.15) is 18.1 Å². The van der Waals surface area contributed by atoms with Gasteiger partial charge in [-0.1, -0.05) is 12.1 Å². The van der Waals surface area contributed by atoms with Gasteiger partial charge in [-0.3, -0.25) is 0 Å². The number of benzene rings is 2. The molecule has 1 aliphatic rings. The lowest BCUT2D eigenvalue weighted by atomic mass is 9.94. The molecule has 0 radical (unpaired) electrons. The first-order chi connectivity index (χ1) is 13.3. The lowest BCUT2D eigenvalue weighted by molar-refractivity contribution is 0.220. The van der Waals surface area contributed by atoms with E-state index in [1.165, 1.54) is 11.1 Å². The Morgan fingerprint density at radius 3 is 2.78 bits per heavy atom. The molecule has 0 bridgehead atoms. The Balaban J connectivity index is 1.55. The zero-order valence-electron chi connectivity index (χ0n) is 15.5. The second-order valence-corrected chi connectivity index (χ2v) is 6.31. The predicted octanol–water partition coefficient (Wildman–Crippen LogP) is 5.11. The Bertz CT molecular complexity index is 958. The molecule has 2 aromatic carbocycles. The number of allylic oxidation sites excluding steroid dienone is 2. The molecule has 0 saturated carbocycles. The van der Waals surface area contributed by atoms with Crippen molar-refractivity contribution in [3.63, 3.8) is 0 Å². The molecule has 1 N–H and O–H groups in total. The number of rotatable bonds is 6. The summed E-state index contributed by atoms with van der Waals surface area (Å²) >= 11 is 0. The van der Waals surface area contributed by atoms with Crippen LogP contribution in [0.2, 0.25) is 0 Å². The van der Waals surface area contributed by atoms with Crippen molar-refractivity contribution in [3.8, 4) is 17.1 Å². The van der Waals surface area contributed by atoms with Gasteiger partial charge in [0.25, 0.3) is 6.01 Å². The maximum Gasteiger partial charge on any atom is 0.299 e. The third kappa shape index (κ3) is 3.67. The van der Waals surface area contributed by atoms with Gasteiger partial charge in [0.2, 0.25) is 0 Å². The van der Waals surface area contributed by atoms with E-state index < -0.39 is 0 Å². The minimum atomic E-state index is 0.474. The molecule has 5 heteroatoms. The normalized spacial score (nSPS) is 12.9. The minimum absolute atomic E-state index is 0.474. The van der Waals surface area contributed by atoms with Gasteiger partial charge in [0.1, 0.15) is 5.75 Å². The number of hydrogen-bond acceptors (Lipinski definition) is 5. The maximum atomic E-state index is 5.90. The average molecular weight is 362 g/mol. The van der Waals surface area contributed by atoms with Gasteiger partial charge in [-0.05, 0) is 60.9 Å². The molecule has 5 nitrogen and oxygen atoms in total. The van der Waals surface area contributed by atoms with Crippen LogP contribution < -0.4 is 10.1 Å². The highest BCUT2D eigenvalue weighted by Gasteiger charge is 2.17. The number of anilines is 2. The van der Waals surface area contributed by atoms with E-state index in [-0.39, 0.29) is 0 Å². The number of oxazole rings is 1. The highest BCUT2D eigenvalue weighted by Crippen LogP contribution is 2.31. The van der Waals surface area contributed by atoms with E-state index in [2.05, 4.69) is 22.4 Å². The standard InChI is InChI=1S/C22H22N2O3/c1-3-26-18-12-7-15-5-4-6-20(19(15)13-18)24-22-23-14-21(27-22)16-8-10-17(25-2)11-9-16/h4-6,8-12,14H,3,7,13H2,1-2H3,(H,23,24). The number of fused-ring (bicyclic) bond motifs is 1. The summed E-state index contributed by atoms with van der Waals surface area (Å²) < 4.78 is 16.8. The van der Waals surface area contributed by atoms with Crippen LogP contribution >= 0.6 is 0 Å². The molecule has 0 fully saturated rings. The van der Waals surface area contributed by atoms with Crippen molar-refractivity contribution >= 4 is 11.7 Å². The fraction of sp³-hybridized carbons (Fsp3) is 0.227. The van der Waals surface area contributed by atoms with Crippen molar-refractivity contribution in [1.29, 1.82) is 0 Å². The molecule has 0 saturated heterocycles. The van der Waals surface area contributed by atoms with Gasteiger partial charge in [0, 0.05) is 17.7 Å². The Morgan fingerprint density at radius 2 is 2.00 bits per heavy atom. The third-order valence-electron chi connectivity index (χ3n) is 4.63. The van der Waals surface area contributed by atoms with Gasteiger partial charge in [-0.25, -0.2) is 4.98 Å². The van der Waals surface area contributed by atoms with Crippen molar-refractivity contribution in [3.05, 3.63) is 71.6 Å². The molecule has 27 heavy (non-hydrogen) atoms. The molecule has 0 unspecified atom stereocenters. The second kappa shape index (κ2) is 7.58. The molecular weight excluding hydrogens is 340 g/mol. The van der Waals surface area contributed by atoms with Crippen LogP contribution in [0.4, 0.5) is 11.7 Å². The lowest BCUT2D eigenvalue weighted by Crippen LogP contribution is -2.08. The van der Waals surface area contributed by atoms with E-state index in [9.17, 15) is 0 Å². The summed E-state index contributed by atoms with van der Waals surface area (Å²) in [6.07, 6.45) is 5.54. The van der Waals surface area contributed by atoms with E-state index in [1.807, 2.05) is 43.3 Å². The molecule has 1 aromatic heterocycles. The molecule has 0 atom stereocenters. The van der Waals surface area contributed by atoms with Gasteiger partial charge >= 0.3 is 0 Å². The highest BCUT2D eigenvalue weighted by molar-refractivity contribution is 5.64. The maximum absolute atomic E-state index is 5.90. The highest BCUT2D eigenvalue weighted by atomic mass is 16.5. The number of hydrogen-bond donors (Lipinski definition) is 1. The van der Waals surface area contributed by atoms with Gasteiger partial charge in [-0.2, -0.15) is 0 Å². The third-order valence-corrected chi connectivity index (χ3v) is 4.63. The van der Waals surface area contributed by atoms with E-state index in [1.54, 1.807) is 13.3 Å². The van der Waals surface area contributed by atoms with Crippen molar-refractivity contribution in [2.24, 2.45) is 0 Å². The zero-order chi connectivity index (χ0) is 18.6. The Labute approximate surface area is 158 Å². The summed E-state index contributed by atoms with van der Waals surface area (Å²) in [7, 11) is 1.65. The summed E-state index contributed by atoms with van der Waals surface area (Å²) in [6.45, 7) is 2.69. The van der Waals surface area contributed by atoms with Crippen LogP contribution in [0.25, 0.3) is 11.3 Å². The molecule has 4 rings (SSSR count). The number of nitrogens with zero attached hydrogens (tertiary/aromatic N) is 1. The number of nitrogens with one attached hydrogen (secondary N) is 1. The first-order valence-corrected chi connectivity index (χ1v) is 9.06. The topological polar surface area (TPSA) is 56.5 Å². The zero-order valence-corrected chi connectivity index (χ0v) is 15.5. The molecule has 0 aliphatic heterocycles. The minimum Gasteiger partial charge on any atom is -0.498 e. The number of methoxy groups -OCH3 is 1. The Hall–Kier alpha value is -3.21. The quantitative estimate of drug-likeness (QED) is 0.660. The molecule has 0 amide bonds. The van der Waals surface area contributed by atoms with Gasteiger partial charge in [-0.15, -0.1) is 0 Å². The molecule has 1 aliphatic carbocycles. The summed E-state index contributed by atoms with van der Waals surface area (Å²) in [4.78, 5) is 4.38. The Kier molecular flexibility index (Phi) is 4.83. The fourth-order valence-corrected chi connectivity index (χ4v) is 3.25. The molecule has 1 heterocycles. The summed E-state index contributed by atoms with van der Waals surface area (Å²) in [5, 5.41) is 3.32. The first-order valence-electron chi connectivity index (χ1n) is 9.06. The van der Waals surface area contributed by atoms with Crippen LogP contribution in [0, 0.1) is 0 Å². The fourth-order valence-electron chi connectivity index (χ4n) is 3.25. The smallest absolute Gasteiger partial charge is 0.299 e. The van der Waals surface area contributed by atoms with Crippen molar-refractivity contribution in [2.75, 3.05) is 19.0 Å². The van der Waals surface area contributed by atoms with Gasteiger partial charge in [0.05, 0.1) is 25.7 Å². The van der Waals surface area contributed by atoms with Crippen molar-refractivity contribution in [2.45, 2.75) is 19.8 Å². The van der Waals surface area contributed by atoms with Crippen LogP contribution in [0.5, 0.6) is 5.75 Å². The molecular formula is C22H22N2O3. The molecule has 3 aromatic rings. The largest absolute Gasteiger partial charge is 0.498 e. The molecule has 138 valence electrons. The van der Waals surface area contributed by atoms with Crippen molar-refractivity contribution < 1.29 is 13.9 Å². The van der Waals surface area contributed by atoms with Crippen LogP contribution in [0.15, 0.2) is 64.9 Å². The van der Waals surface area contributed by atoms with Gasteiger partial charge in [0.15, 0.2) is 5.76 Å². The average Bonchev–Trinajstić information content (AvgIpc) is 3.17. The molecule has 0 spiro atoms. The van der Waals surface area contributed by atoms with Crippen LogP contribution in [0.3, 0.4) is 0 Å². The summed E-state index contributed by atoms with van der Waals surface area (Å²) in [5.41, 5.74) is 4.48. The van der Waals surface area contributed by atoms with E-state index >= 15 is 0 Å². The monoisotopic (exact) mass is 362 g/mol. The van der Waals surface area contributed by atoms with Crippen LogP contribution in [-0.4, -0.2) is 18.7 Å².